The Kier molecular flexibility index (Phi) is 9.14. The van der Waals surface area contributed by atoms with Crippen LogP contribution in [0.25, 0.3) is 0 Å². The van der Waals surface area contributed by atoms with Crippen molar-refractivity contribution in [2.24, 2.45) is 5.73 Å². The molecule has 132 valence electrons. The molecule has 24 heavy (non-hydrogen) atoms. The average Bonchev–Trinajstić information content (AvgIpc) is 2.51. The van der Waals surface area contributed by atoms with E-state index in [0.29, 0.717) is 11.3 Å². The van der Waals surface area contributed by atoms with Gasteiger partial charge in [-0.05, 0) is 45.0 Å². The molecule has 1 aromatic rings. The molecule has 0 fully saturated rings. The highest BCUT2D eigenvalue weighted by Gasteiger charge is 2.32. The molecule has 7 heteroatoms. The largest absolute Gasteiger partial charge is 0.481 e. The summed E-state index contributed by atoms with van der Waals surface area (Å²) in [4.78, 5) is 24.0. The van der Waals surface area contributed by atoms with Crippen molar-refractivity contribution < 1.29 is 19.4 Å². The molecule has 0 aromatic heterocycles. The normalized spacial score (nSPS) is 11.4. The summed E-state index contributed by atoms with van der Waals surface area (Å²) >= 11 is 0. The number of aliphatic hydroxyl groups is 1. The fourth-order valence-corrected chi connectivity index (χ4v) is 1.88. The van der Waals surface area contributed by atoms with Crippen LogP contribution in [-0.4, -0.2) is 41.6 Å². The summed E-state index contributed by atoms with van der Waals surface area (Å²) in [6.07, 6.45) is 0. The summed E-state index contributed by atoms with van der Waals surface area (Å²) in [6.45, 7) is 4.53. The molecule has 0 aliphatic heterocycles. The number of nitrogens with two attached hydrogens (primary N) is 1. The van der Waals surface area contributed by atoms with Crippen molar-refractivity contribution in [3.63, 3.8) is 0 Å². The number of nitrogens with one attached hydrogen (secondary N) is 1. The van der Waals surface area contributed by atoms with Gasteiger partial charge in [-0.2, -0.15) is 13.5 Å². The SMILES string of the molecule is CC#CCOc1ccc(C(=O)N[C@H](C(=O)CO)C(C)(C)N)cc1.S. The van der Waals surface area contributed by atoms with Gasteiger partial charge < -0.3 is 20.9 Å². The summed E-state index contributed by atoms with van der Waals surface area (Å²) in [7, 11) is 0. The van der Waals surface area contributed by atoms with Crippen LogP contribution in [0.2, 0.25) is 0 Å². The van der Waals surface area contributed by atoms with Gasteiger partial charge in [0.1, 0.15) is 25.0 Å². The Bertz CT molecular complexity index is 612. The molecule has 0 heterocycles. The first-order valence-electron chi connectivity index (χ1n) is 7.15. The number of amides is 1. The minimum absolute atomic E-state index is 0. The first kappa shape index (κ1) is 22.0. The molecule has 6 nitrogen and oxygen atoms in total. The summed E-state index contributed by atoms with van der Waals surface area (Å²) in [5.74, 6) is 5.09. The van der Waals surface area contributed by atoms with Crippen LogP contribution in [0.5, 0.6) is 5.75 Å². The van der Waals surface area contributed by atoms with Crippen LogP contribution in [-0.2, 0) is 4.79 Å². The number of carbonyl (C=O) groups excluding carboxylic acids is 2. The highest BCUT2D eigenvalue weighted by atomic mass is 32.1. The maximum Gasteiger partial charge on any atom is 0.251 e. The molecule has 0 radical (unpaired) electrons. The van der Waals surface area contributed by atoms with Gasteiger partial charge in [-0.3, -0.25) is 9.59 Å². The van der Waals surface area contributed by atoms with Crippen LogP contribution in [0.4, 0.5) is 0 Å². The highest BCUT2D eigenvalue weighted by Crippen LogP contribution is 2.13. The summed E-state index contributed by atoms with van der Waals surface area (Å²) in [5, 5.41) is 11.6. The number of hydrogen-bond acceptors (Lipinski definition) is 5. The Balaban J connectivity index is 0.00000529. The predicted molar refractivity (Wildman–Crippen MR) is 97.4 cm³/mol. The van der Waals surface area contributed by atoms with Gasteiger partial charge in [0.25, 0.3) is 5.91 Å². The molecular weight excluding hydrogens is 328 g/mol. The fourth-order valence-electron chi connectivity index (χ4n) is 1.88. The number of Topliss-reactive ketones (excluding diaryl/α,β-unsaturated/α-hetero) is 1. The quantitative estimate of drug-likeness (QED) is 0.624. The fraction of sp³-hybridized carbons (Fsp3) is 0.412. The zero-order chi connectivity index (χ0) is 17.5. The van der Waals surface area contributed by atoms with E-state index in [1.54, 1.807) is 45.0 Å². The van der Waals surface area contributed by atoms with Crippen molar-refractivity contribution in [1.82, 2.24) is 5.32 Å². The molecule has 0 saturated carbocycles. The molecule has 0 aliphatic rings. The third-order valence-corrected chi connectivity index (χ3v) is 3.10. The summed E-state index contributed by atoms with van der Waals surface area (Å²) < 4.78 is 5.36. The lowest BCUT2D eigenvalue weighted by atomic mass is 9.92. The lowest BCUT2D eigenvalue weighted by Gasteiger charge is -2.29. The van der Waals surface area contributed by atoms with Crippen molar-refractivity contribution >= 4 is 25.2 Å². The molecule has 1 aromatic carbocycles. The average molecular weight is 352 g/mol. The third kappa shape index (κ3) is 6.62. The number of rotatable bonds is 7. The summed E-state index contributed by atoms with van der Waals surface area (Å²) in [6, 6.07) is 5.46. The zero-order valence-electron chi connectivity index (χ0n) is 14.1. The number of hydrogen-bond donors (Lipinski definition) is 3. The highest BCUT2D eigenvalue weighted by molar-refractivity contribution is 7.59. The van der Waals surface area contributed by atoms with Gasteiger partial charge in [0, 0.05) is 11.1 Å². The van der Waals surface area contributed by atoms with Gasteiger partial charge in [0.15, 0.2) is 5.78 Å². The zero-order valence-corrected chi connectivity index (χ0v) is 15.1. The first-order chi connectivity index (χ1) is 10.8. The molecule has 1 rings (SSSR count). The molecule has 0 unspecified atom stereocenters. The van der Waals surface area contributed by atoms with Gasteiger partial charge in [0.2, 0.25) is 0 Å². The standard InChI is InChI=1S/C17H22N2O4.H2S/c1-4-5-10-23-13-8-6-12(7-9-13)16(22)19-15(14(21)11-20)17(2,3)18;/h6-9,15,20H,10-11,18H2,1-3H3,(H,19,22);1H2/t15-;/m1./s1. The van der Waals surface area contributed by atoms with Crippen LogP contribution < -0.4 is 15.8 Å². The van der Waals surface area contributed by atoms with Gasteiger partial charge in [-0.15, -0.1) is 5.92 Å². The van der Waals surface area contributed by atoms with Gasteiger partial charge >= 0.3 is 0 Å². The number of ether oxygens (including phenoxy) is 1. The lowest BCUT2D eigenvalue weighted by molar-refractivity contribution is -0.124. The van der Waals surface area contributed by atoms with E-state index in [-0.39, 0.29) is 20.1 Å². The predicted octanol–water partition coefficient (Wildman–Crippen LogP) is 0.599. The van der Waals surface area contributed by atoms with Crippen molar-refractivity contribution in [2.75, 3.05) is 13.2 Å². The lowest BCUT2D eigenvalue weighted by Crippen LogP contribution is -2.59. The van der Waals surface area contributed by atoms with Crippen LogP contribution >= 0.6 is 13.5 Å². The second-order valence-corrected chi connectivity index (χ2v) is 5.59. The van der Waals surface area contributed by atoms with E-state index in [9.17, 15) is 9.59 Å². The van der Waals surface area contributed by atoms with Crippen molar-refractivity contribution in [2.45, 2.75) is 32.4 Å². The van der Waals surface area contributed by atoms with Crippen molar-refractivity contribution in [1.29, 1.82) is 0 Å². The smallest absolute Gasteiger partial charge is 0.251 e. The Morgan fingerprint density at radius 2 is 1.92 bits per heavy atom. The van der Waals surface area contributed by atoms with E-state index in [1.807, 2.05) is 0 Å². The number of benzene rings is 1. The Labute approximate surface area is 149 Å². The van der Waals surface area contributed by atoms with Crippen LogP contribution in [0.15, 0.2) is 24.3 Å². The minimum Gasteiger partial charge on any atom is -0.481 e. The second kappa shape index (κ2) is 9.98. The molecule has 0 spiro atoms. The molecule has 1 atom stereocenters. The maximum atomic E-state index is 12.2. The Hall–Kier alpha value is -2.01. The van der Waals surface area contributed by atoms with E-state index in [4.69, 9.17) is 15.6 Å². The number of ketones is 1. The second-order valence-electron chi connectivity index (χ2n) is 5.59. The van der Waals surface area contributed by atoms with Gasteiger partial charge in [-0.1, -0.05) is 5.92 Å². The third-order valence-electron chi connectivity index (χ3n) is 3.10. The minimum atomic E-state index is -0.989. The van der Waals surface area contributed by atoms with Gasteiger partial charge in [0.05, 0.1) is 0 Å². The molecule has 0 bridgehead atoms. The monoisotopic (exact) mass is 352 g/mol. The van der Waals surface area contributed by atoms with Crippen LogP contribution in [0, 0.1) is 11.8 Å². The summed E-state index contributed by atoms with van der Waals surface area (Å²) in [5.41, 5.74) is 5.27. The van der Waals surface area contributed by atoms with E-state index in [0.717, 1.165) is 0 Å². The van der Waals surface area contributed by atoms with Crippen molar-refractivity contribution in [3.8, 4) is 17.6 Å². The van der Waals surface area contributed by atoms with Gasteiger partial charge in [-0.25, -0.2) is 0 Å². The number of aliphatic hydroxyl groups excluding tert-OH is 1. The first-order valence-corrected chi connectivity index (χ1v) is 7.15. The van der Waals surface area contributed by atoms with Crippen LogP contribution in [0.3, 0.4) is 0 Å². The van der Waals surface area contributed by atoms with E-state index in [2.05, 4.69) is 17.2 Å². The number of carbonyl (C=O) groups is 2. The van der Waals surface area contributed by atoms with E-state index >= 15 is 0 Å². The molecule has 0 aliphatic carbocycles. The van der Waals surface area contributed by atoms with Crippen LogP contribution in [0.1, 0.15) is 31.1 Å². The van der Waals surface area contributed by atoms with E-state index in [1.165, 1.54) is 0 Å². The maximum absolute atomic E-state index is 12.2. The Morgan fingerprint density at radius 3 is 2.38 bits per heavy atom. The van der Waals surface area contributed by atoms with Crippen molar-refractivity contribution in [3.05, 3.63) is 29.8 Å². The molecule has 4 N–H and O–H groups in total. The molecular formula is C17H24N2O4S. The molecule has 0 saturated heterocycles. The molecule has 1 amide bonds. The van der Waals surface area contributed by atoms with E-state index < -0.39 is 29.9 Å². The topological polar surface area (TPSA) is 102 Å². The Morgan fingerprint density at radius 1 is 1.33 bits per heavy atom.